The lowest BCUT2D eigenvalue weighted by Crippen LogP contribution is -2.28. The molecule has 0 aliphatic rings. The Balaban J connectivity index is 1.29. The zero-order chi connectivity index (χ0) is 29.3. The third-order valence-electron chi connectivity index (χ3n) is 7.07. The number of anilines is 1. The van der Waals surface area contributed by atoms with E-state index in [4.69, 9.17) is 4.74 Å². The van der Waals surface area contributed by atoms with Gasteiger partial charge in [-0.2, -0.15) is 0 Å². The summed E-state index contributed by atoms with van der Waals surface area (Å²) in [5, 5.41) is 6.85. The molecule has 2 aromatic heterocycles. The Morgan fingerprint density at radius 2 is 1.67 bits per heavy atom. The van der Waals surface area contributed by atoms with Crippen molar-refractivity contribution < 1.29 is 14.3 Å². The van der Waals surface area contributed by atoms with Gasteiger partial charge in [0.2, 0.25) is 0 Å². The topological polar surface area (TPSA) is 93.2 Å². The summed E-state index contributed by atoms with van der Waals surface area (Å²) in [7, 11) is 0. The van der Waals surface area contributed by atoms with Crippen LogP contribution in [-0.2, 0) is 0 Å². The Kier molecular flexibility index (Phi) is 9.19. The average Bonchev–Trinajstić information content (AvgIpc) is 3.04. The lowest BCUT2D eigenvalue weighted by atomic mass is 9.99. The predicted molar refractivity (Wildman–Crippen MR) is 167 cm³/mol. The first-order chi connectivity index (χ1) is 20.6. The second kappa shape index (κ2) is 13.5. The van der Waals surface area contributed by atoms with Gasteiger partial charge >= 0.3 is 0 Å². The Morgan fingerprint density at radius 3 is 2.43 bits per heavy atom. The summed E-state index contributed by atoms with van der Waals surface area (Å²) in [6.45, 7) is 4.83. The van der Waals surface area contributed by atoms with Gasteiger partial charge in [0, 0.05) is 29.0 Å². The normalized spacial score (nSPS) is 11.6. The molecule has 2 heterocycles. The minimum absolute atomic E-state index is 0.188. The van der Waals surface area contributed by atoms with E-state index >= 15 is 0 Å². The van der Waals surface area contributed by atoms with Crippen LogP contribution in [0.25, 0.3) is 22.0 Å². The van der Waals surface area contributed by atoms with Crippen molar-refractivity contribution in [3.05, 3.63) is 120 Å². The molecule has 0 radical (unpaired) electrons. The largest absolute Gasteiger partial charge is 0.494 e. The van der Waals surface area contributed by atoms with Crippen LogP contribution in [-0.4, -0.2) is 28.4 Å². The fourth-order valence-corrected chi connectivity index (χ4v) is 4.73. The molecule has 0 fully saturated rings. The van der Waals surface area contributed by atoms with Crippen LogP contribution in [0.4, 0.5) is 5.69 Å². The quantitative estimate of drug-likeness (QED) is 0.163. The third kappa shape index (κ3) is 6.81. The maximum atomic E-state index is 13.4. The SMILES string of the molecule is CCCCOc1ccc(-c2ccccc2C(=O)Nc2ccc3cc(C(=O)NC(CC)c4ccccn4)cnc3c2)cc1. The van der Waals surface area contributed by atoms with E-state index in [-0.39, 0.29) is 17.9 Å². The lowest BCUT2D eigenvalue weighted by Gasteiger charge is -2.16. The summed E-state index contributed by atoms with van der Waals surface area (Å²) in [4.78, 5) is 35.2. The molecule has 2 N–H and O–H groups in total. The highest BCUT2D eigenvalue weighted by Crippen LogP contribution is 2.27. The minimum atomic E-state index is -0.218. The molecule has 3 aromatic carbocycles. The van der Waals surface area contributed by atoms with Crippen LogP contribution in [0.1, 0.15) is 65.6 Å². The molecule has 212 valence electrons. The molecule has 1 unspecified atom stereocenters. The highest BCUT2D eigenvalue weighted by molar-refractivity contribution is 6.09. The van der Waals surface area contributed by atoms with E-state index < -0.39 is 0 Å². The van der Waals surface area contributed by atoms with Gasteiger partial charge in [-0.15, -0.1) is 0 Å². The fourth-order valence-electron chi connectivity index (χ4n) is 4.73. The number of benzene rings is 3. The Bertz CT molecular complexity index is 1670. The fraction of sp³-hybridized carbons (Fsp3) is 0.200. The van der Waals surface area contributed by atoms with Crippen molar-refractivity contribution in [3.63, 3.8) is 0 Å². The number of ether oxygens (including phenoxy) is 1. The first-order valence-corrected chi connectivity index (χ1v) is 14.3. The Labute approximate surface area is 246 Å². The standard InChI is InChI=1S/C35H34N4O3/c1-3-5-20-42-28-17-14-24(15-18-28)29-10-6-7-11-30(29)35(41)38-27-16-13-25-21-26(23-37-33(25)22-27)34(40)39-31(4-2)32-12-8-9-19-36-32/h6-19,21-23,31H,3-5,20H2,1-2H3,(H,38,41)(H,39,40). The summed E-state index contributed by atoms with van der Waals surface area (Å²) >= 11 is 0. The summed E-state index contributed by atoms with van der Waals surface area (Å²) < 4.78 is 5.78. The number of carbonyl (C=O) groups is 2. The van der Waals surface area contributed by atoms with Crippen LogP contribution >= 0.6 is 0 Å². The highest BCUT2D eigenvalue weighted by atomic mass is 16.5. The van der Waals surface area contributed by atoms with Crippen molar-refractivity contribution in [1.82, 2.24) is 15.3 Å². The van der Waals surface area contributed by atoms with Gasteiger partial charge in [-0.05, 0) is 72.5 Å². The van der Waals surface area contributed by atoms with E-state index in [1.807, 2.05) is 91.9 Å². The van der Waals surface area contributed by atoms with Gasteiger partial charge in [0.1, 0.15) is 5.75 Å². The summed E-state index contributed by atoms with van der Waals surface area (Å²) in [6.07, 6.45) is 6.09. The number of unbranched alkanes of at least 4 members (excludes halogenated alkanes) is 1. The van der Waals surface area contributed by atoms with Gasteiger partial charge in [0.15, 0.2) is 0 Å². The molecule has 42 heavy (non-hydrogen) atoms. The first-order valence-electron chi connectivity index (χ1n) is 14.3. The van der Waals surface area contributed by atoms with Crippen molar-refractivity contribution in [2.75, 3.05) is 11.9 Å². The number of carbonyl (C=O) groups excluding carboxylic acids is 2. The van der Waals surface area contributed by atoms with Crippen molar-refractivity contribution >= 4 is 28.4 Å². The van der Waals surface area contributed by atoms with Crippen LogP contribution in [0.2, 0.25) is 0 Å². The molecule has 5 rings (SSSR count). The smallest absolute Gasteiger partial charge is 0.256 e. The van der Waals surface area contributed by atoms with Gasteiger partial charge in [-0.25, -0.2) is 0 Å². The lowest BCUT2D eigenvalue weighted by molar-refractivity contribution is 0.0933. The zero-order valence-corrected chi connectivity index (χ0v) is 23.8. The number of hydrogen-bond acceptors (Lipinski definition) is 5. The van der Waals surface area contributed by atoms with Crippen LogP contribution in [0.5, 0.6) is 5.75 Å². The van der Waals surface area contributed by atoms with Crippen molar-refractivity contribution in [2.45, 2.75) is 39.2 Å². The van der Waals surface area contributed by atoms with Gasteiger partial charge < -0.3 is 15.4 Å². The summed E-state index contributed by atoms with van der Waals surface area (Å²) in [5.74, 6) is 0.387. The molecule has 0 saturated heterocycles. The molecule has 0 bridgehead atoms. The summed E-state index contributed by atoms with van der Waals surface area (Å²) in [6, 6.07) is 28.1. The maximum absolute atomic E-state index is 13.4. The minimum Gasteiger partial charge on any atom is -0.494 e. The van der Waals surface area contributed by atoms with Crippen LogP contribution in [0, 0.1) is 0 Å². The van der Waals surface area contributed by atoms with E-state index in [1.165, 1.54) is 0 Å². The van der Waals surface area contributed by atoms with E-state index in [0.717, 1.165) is 40.8 Å². The number of pyridine rings is 2. The van der Waals surface area contributed by atoms with Crippen LogP contribution in [0.15, 0.2) is 103 Å². The van der Waals surface area contributed by atoms with Crippen LogP contribution in [0.3, 0.4) is 0 Å². The molecule has 5 aromatic rings. The molecule has 0 aliphatic heterocycles. The predicted octanol–water partition coefficient (Wildman–Crippen LogP) is 7.61. The molecule has 1 atom stereocenters. The average molecular weight is 559 g/mol. The van der Waals surface area contributed by atoms with Gasteiger partial charge in [-0.3, -0.25) is 19.6 Å². The number of aromatic nitrogens is 2. The molecule has 2 amide bonds. The molecule has 7 nitrogen and oxygen atoms in total. The molecule has 0 spiro atoms. The zero-order valence-electron chi connectivity index (χ0n) is 23.8. The molecular weight excluding hydrogens is 524 g/mol. The molecular formula is C35H34N4O3. The second-order valence-electron chi connectivity index (χ2n) is 10.0. The number of amides is 2. The monoisotopic (exact) mass is 558 g/mol. The number of fused-ring (bicyclic) bond motifs is 1. The summed E-state index contributed by atoms with van der Waals surface area (Å²) in [5.41, 5.74) is 4.90. The Morgan fingerprint density at radius 1 is 0.857 bits per heavy atom. The van der Waals surface area contributed by atoms with Crippen molar-refractivity contribution in [1.29, 1.82) is 0 Å². The number of hydrogen-bond donors (Lipinski definition) is 2. The highest BCUT2D eigenvalue weighted by Gasteiger charge is 2.17. The molecule has 0 aliphatic carbocycles. The number of nitrogens with zero attached hydrogens (tertiary/aromatic N) is 2. The number of rotatable bonds is 11. The van der Waals surface area contributed by atoms with Crippen LogP contribution < -0.4 is 15.4 Å². The molecule has 7 heteroatoms. The Hall–Kier alpha value is -5.04. The van der Waals surface area contributed by atoms with E-state index in [1.54, 1.807) is 18.5 Å². The second-order valence-corrected chi connectivity index (χ2v) is 10.0. The maximum Gasteiger partial charge on any atom is 0.256 e. The van der Waals surface area contributed by atoms with Gasteiger partial charge in [0.25, 0.3) is 11.8 Å². The van der Waals surface area contributed by atoms with Crippen molar-refractivity contribution in [2.24, 2.45) is 0 Å². The van der Waals surface area contributed by atoms with E-state index in [9.17, 15) is 9.59 Å². The van der Waals surface area contributed by atoms with E-state index in [2.05, 4.69) is 27.5 Å². The third-order valence-corrected chi connectivity index (χ3v) is 7.07. The molecule has 0 saturated carbocycles. The van der Waals surface area contributed by atoms with Gasteiger partial charge in [-0.1, -0.05) is 62.7 Å². The first kappa shape index (κ1) is 28.5. The van der Waals surface area contributed by atoms with Crippen molar-refractivity contribution in [3.8, 4) is 16.9 Å². The van der Waals surface area contributed by atoms with Gasteiger partial charge in [0.05, 0.1) is 29.4 Å². The number of nitrogens with one attached hydrogen (secondary N) is 2. The van der Waals surface area contributed by atoms with E-state index in [0.29, 0.717) is 35.4 Å².